The topological polar surface area (TPSA) is 109 Å². The van der Waals surface area contributed by atoms with Crippen LogP contribution in [0.5, 0.6) is 5.75 Å². The molecule has 2 atom stereocenters. The maximum atomic E-state index is 13.8. The minimum absolute atomic E-state index is 0.0146. The molecule has 7 nitrogen and oxygen atoms in total. The number of rotatable bonds is 3. The van der Waals surface area contributed by atoms with Crippen LogP contribution < -0.4 is 10.7 Å². The van der Waals surface area contributed by atoms with Gasteiger partial charge in [-0.3, -0.25) is 14.4 Å². The van der Waals surface area contributed by atoms with Gasteiger partial charge >= 0.3 is 0 Å². The number of aliphatic hydroxyl groups is 1. The van der Waals surface area contributed by atoms with E-state index in [2.05, 4.69) is 5.32 Å². The summed E-state index contributed by atoms with van der Waals surface area (Å²) in [6.45, 7) is 1.30. The largest absolute Gasteiger partial charge is 0.503 e. The number of halogens is 2. The first kappa shape index (κ1) is 22.1. The van der Waals surface area contributed by atoms with E-state index in [0.29, 0.717) is 18.9 Å². The van der Waals surface area contributed by atoms with Gasteiger partial charge in [-0.1, -0.05) is 25.3 Å². The van der Waals surface area contributed by atoms with Crippen LogP contribution in [0.2, 0.25) is 0 Å². The number of hydrogen-bond acceptors (Lipinski definition) is 5. The van der Waals surface area contributed by atoms with E-state index in [1.807, 2.05) is 0 Å². The molecule has 1 fully saturated rings. The summed E-state index contributed by atoms with van der Waals surface area (Å²) in [7, 11) is 0. The van der Waals surface area contributed by atoms with Crippen molar-refractivity contribution in [1.82, 2.24) is 9.88 Å². The molecule has 1 aliphatic heterocycles. The Bertz CT molecular complexity index is 1180. The molecular formula is C23H24F2N2O5. The second-order valence-corrected chi connectivity index (χ2v) is 8.87. The van der Waals surface area contributed by atoms with Crippen molar-refractivity contribution in [3.05, 3.63) is 63.1 Å². The summed E-state index contributed by atoms with van der Waals surface area (Å²) in [5, 5.41) is 24.3. The first-order valence-corrected chi connectivity index (χ1v) is 10.5. The predicted octanol–water partition coefficient (Wildman–Crippen LogP) is 2.66. The Hall–Kier alpha value is -3.07. The number of carbonyl (C=O) groups is 2. The number of nitrogens with one attached hydrogen (secondary N) is 1. The van der Waals surface area contributed by atoms with Crippen molar-refractivity contribution < 1.29 is 28.6 Å². The van der Waals surface area contributed by atoms with E-state index in [-0.39, 0.29) is 24.3 Å². The quantitative estimate of drug-likeness (QED) is 0.672. The highest BCUT2D eigenvalue weighted by atomic mass is 19.1. The van der Waals surface area contributed by atoms with E-state index in [4.69, 9.17) is 0 Å². The van der Waals surface area contributed by atoms with Gasteiger partial charge in [0.05, 0.1) is 17.6 Å². The van der Waals surface area contributed by atoms with Crippen LogP contribution in [0.1, 0.15) is 65.4 Å². The first-order chi connectivity index (χ1) is 15.1. The zero-order valence-electron chi connectivity index (χ0n) is 17.6. The monoisotopic (exact) mass is 446 g/mol. The van der Waals surface area contributed by atoms with Gasteiger partial charge in [-0.05, 0) is 25.8 Å². The summed E-state index contributed by atoms with van der Waals surface area (Å²) in [6.07, 6.45) is 4.30. The minimum Gasteiger partial charge on any atom is -0.503 e. The summed E-state index contributed by atoms with van der Waals surface area (Å²) in [4.78, 5) is 38.6. The lowest BCUT2D eigenvalue weighted by Crippen LogP contribution is -2.58. The predicted molar refractivity (Wildman–Crippen MR) is 110 cm³/mol. The van der Waals surface area contributed by atoms with Crippen LogP contribution in [0.25, 0.3) is 0 Å². The second-order valence-electron chi connectivity index (χ2n) is 8.87. The number of carbonyl (C=O) groups excluding carboxylic acids is 2. The van der Waals surface area contributed by atoms with Gasteiger partial charge in [-0.15, -0.1) is 0 Å². The molecule has 2 aromatic rings. The van der Waals surface area contributed by atoms with Crippen LogP contribution in [0.3, 0.4) is 0 Å². The maximum absolute atomic E-state index is 13.8. The lowest BCUT2D eigenvalue weighted by Gasteiger charge is -2.47. The van der Waals surface area contributed by atoms with Gasteiger partial charge in [0.25, 0.3) is 5.91 Å². The Morgan fingerprint density at radius 1 is 1.19 bits per heavy atom. The van der Waals surface area contributed by atoms with Crippen LogP contribution in [0, 0.1) is 17.0 Å². The molecule has 4 rings (SSSR count). The Morgan fingerprint density at radius 2 is 1.91 bits per heavy atom. The SMILES string of the molecule is C[C@]12CCCCC[C@]1(O)Cn1cc(C(=O)NCc3ccc(F)cc3F)c(=O)c(O)c1C2=O. The molecule has 1 aliphatic carbocycles. The molecule has 0 saturated heterocycles. The van der Waals surface area contributed by atoms with Crippen LogP contribution in [-0.4, -0.2) is 32.1 Å². The molecule has 0 radical (unpaired) electrons. The molecule has 170 valence electrons. The highest BCUT2D eigenvalue weighted by Crippen LogP contribution is 2.49. The van der Waals surface area contributed by atoms with Crippen LogP contribution in [-0.2, 0) is 13.1 Å². The van der Waals surface area contributed by atoms with Crippen molar-refractivity contribution in [2.45, 2.75) is 57.7 Å². The summed E-state index contributed by atoms with van der Waals surface area (Å²) >= 11 is 0. The maximum Gasteiger partial charge on any atom is 0.257 e. The van der Waals surface area contributed by atoms with Gasteiger partial charge in [-0.25, -0.2) is 8.78 Å². The van der Waals surface area contributed by atoms with E-state index in [0.717, 1.165) is 31.5 Å². The molecule has 32 heavy (non-hydrogen) atoms. The van der Waals surface area contributed by atoms with Crippen molar-refractivity contribution in [3.8, 4) is 5.75 Å². The standard InChI is InChI=1S/C23H24F2N2O5/c1-22-7-3-2-4-8-23(22,32)12-27-11-15(18(28)19(29)17(27)20(22)30)21(31)26-10-13-5-6-14(24)9-16(13)25/h5-6,9,11,29,32H,2-4,7-8,10,12H2,1H3,(H,26,31)/t22-,23+/m1/s1. The summed E-state index contributed by atoms with van der Waals surface area (Å²) in [5.74, 6) is -3.87. The van der Waals surface area contributed by atoms with Crippen molar-refractivity contribution in [1.29, 1.82) is 0 Å². The molecule has 1 amide bonds. The fourth-order valence-corrected chi connectivity index (χ4v) is 4.81. The average molecular weight is 446 g/mol. The van der Waals surface area contributed by atoms with Gasteiger partial charge in [-0.2, -0.15) is 0 Å². The number of fused-ring (bicyclic) bond motifs is 2. The molecule has 1 saturated carbocycles. The number of hydrogen-bond donors (Lipinski definition) is 3. The Kier molecular flexibility index (Phi) is 5.40. The Morgan fingerprint density at radius 3 is 2.62 bits per heavy atom. The number of nitrogens with zero attached hydrogens (tertiary/aromatic N) is 1. The average Bonchev–Trinajstić information content (AvgIpc) is 2.89. The number of pyridine rings is 1. The van der Waals surface area contributed by atoms with Crippen LogP contribution in [0.15, 0.2) is 29.2 Å². The van der Waals surface area contributed by atoms with Gasteiger partial charge in [0.15, 0.2) is 11.5 Å². The Balaban J connectivity index is 1.68. The minimum atomic E-state index is -1.37. The third-order valence-electron chi connectivity index (χ3n) is 6.90. The molecule has 9 heteroatoms. The summed E-state index contributed by atoms with van der Waals surface area (Å²) in [6, 6.07) is 2.89. The first-order valence-electron chi connectivity index (χ1n) is 10.5. The highest BCUT2D eigenvalue weighted by molar-refractivity contribution is 6.04. The number of aromatic hydroxyl groups is 1. The number of amides is 1. The van der Waals surface area contributed by atoms with Crippen molar-refractivity contribution in [2.24, 2.45) is 5.41 Å². The van der Waals surface area contributed by atoms with Crippen molar-refractivity contribution in [3.63, 3.8) is 0 Å². The third kappa shape index (κ3) is 3.40. The zero-order valence-corrected chi connectivity index (χ0v) is 17.6. The molecule has 1 aromatic heterocycles. The van der Waals surface area contributed by atoms with Crippen molar-refractivity contribution >= 4 is 11.7 Å². The van der Waals surface area contributed by atoms with E-state index in [9.17, 15) is 33.4 Å². The fourth-order valence-electron chi connectivity index (χ4n) is 4.81. The number of Topliss-reactive ketones (excluding diaryl/α,β-unsaturated/α-hetero) is 1. The van der Waals surface area contributed by atoms with E-state index < -0.39 is 51.1 Å². The number of ketones is 1. The lowest BCUT2D eigenvalue weighted by molar-refractivity contribution is -0.0832. The van der Waals surface area contributed by atoms with E-state index in [1.54, 1.807) is 6.92 Å². The molecule has 3 N–H and O–H groups in total. The smallest absolute Gasteiger partial charge is 0.257 e. The van der Waals surface area contributed by atoms with E-state index in [1.165, 1.54) is 10.6 Å². The zero-order chi connectivity index (χ0) is 23.3. The van der Waals surface area contributed by atoms with Gasteiger partial charge in [0.1, 0.15) is 22.9 Å². The normalized spacial score (nSPS) is 24.9. The van der Waals surface area contributed by atoms with Gasteiger partial charge < -0.3 is 20.1 Å². The van der Waals surface area contributed by atoms with Crippen LogP contribution >= 0.6 is 0 Å². The molecule has 0 bridgehead atoms. The van der Waals surface area contributed by atoms with Crippen LogP contribution in [0.4, 0.5) is 8.78 Å². The van der Waals surface area contributed by atoms with Gasteiger partial charge in [0.2, 0.25) is 5.43 Å². The lowest BCUT2D eigenvalue weighted by atomic mass is 9.64. The molecule has 1 aromatic carbocycles. The molecule has 0 unspecified atom stereocenters. The van der Waals surface area contributed by atoms with Crippen molar-refractivity contribution in [2.75, 3.05) is 0 Å². The summed E-state index contributed by atoms with van der Waals surface area (Å²) in [5.41, 5.74) is -4.19. The summed E-state index contributed by atoms with van der Waals surface area (Å²) < 4.78 is 28.1. The number of aromatic nitrogens is 1. The molecular weight excluding hydrogens is 422 g/mol. The molecule has 0 spiro atoms. The second kappa shape index (κ2) is 7.81. The van der Waals surface area contributed by atoms with Gasteiger partial charge in [0, 0.05) is 24.4 Å². The fraction of sp³-hybridized carbons (Fsp3) is 0.435. The highest BCUT2D eigenvalue weighted by Gasteiger charge is 2.56. The van der Waals surface area contributed by atoms with E-state index >= 15 is 0 Å². The Labute approximate surface area is 182 Å². The molecule has 2 aliphatic rings. The molecule has 2 heterocycles. The third-order valence-corrected chi connectivity index (χ3v) is 6.90. The number of benzene rings is 1.